The van der Waals surface area contributed by atoms with Crippen LogP contribution in [0.5, 0.6) is 0 Å². The lowest BCUT2D eigenvalue weighted by Gasteiger charge is -2.23. The minimum atomic E-state index is -0.253. The minimum absolute atomic E-state index is 0.168. The summed E-state index contributed by atoms with van der Waals surface area (Å²) < 4.78 is 14.4. The monoisotopic (exact) mass is 297 g/mol. The van der Waals surface area contributed by atoms with E-state index in [0.717, 1.165) is 27.5 Å². The Morgan fingerprint density at radius 3 is 2.67 bits per heavy atom. The number of fused-ring (bicyclic) bond motifs is 5. The zero-order valence-electron chi connectivity index (χ0n) is 11.7. The van der Waals surface area contributed by atoms with Gasteiger partial charge in [0.2, 0.25) is 0 Å². The lowest BCUT2D eigenvalue weighted by molar-refractivity contribution is 0.621. The molecule has 0 unspecified atom stereocenters. The second kappa shape index (κ2) is 4.05. The Morgan fingerprint density at radius 1 is 1.05 bits per heavy atom. The molecule has 1 aliphatic rings. The maximum absolute atomic E-state index is 14.4. The van der Waals surface area contributed by atoms with Crippen molar-refractivity contribution in [3.05, 3.63) is 64.7 Å². The molecule has 0 radical (unpaired) electrons. The first kappa shape index (κ1) is 12.8. The Hall–Kier alpha value is -1.93. The predicted molar refractivity (Wildman–Crippen MR) is 84.3 cm³/mol. The van der Waals surface area contributed by atoms with Gasteiger partial charge < -0.3 is 0 Å². The van der Waals surface area contributed by atoms with Crippen molar-refractivity contribution in [1.82, 2.24) is 4.98 Å². The summed E-state index contributed by atoms with van der Waals surface area (Å²) in [7, 11) is 0. The van der Waals surface area contributed by atoms with Gasteiger partial charge in [-0.1, -0.05) is 49.7 Å². The minimum Gasteiger partial charge on any atom is -0.244 e. The molecular weight excluding hydrogens is 285 g/mol. The smallest absolute Gasteiger partial charge is 0.136 e. The molecule has 0 spiro atoms. The fourth-order valence-corrected chi connectivity index (χ4v) is 3.78. The molecule has 3 heteroatoms. The molecule has 2 aromatic carbocycles. The third-order valence-electron chi connectivity index (χ3n) is 4.48. The molecule has 104 valence electrons. The van der Waals surface area contributed by atoms with Gasteiger partial charge in [-0.2, -0.15) is 0 Å². The normalized spacial score (nSPS) is 15.0. The predicted octanol–water partition coefficient (Wildman–Crippen LogP) is 5.33. The highest BCUT2D eigenvalue weighted by Crippen LogP contribution is 2.52. The molecule has 21 heavy (non-hydrogen) atoms. The lowest BCUT2D eigenvalue weighted by atomic mass is 9.80. The summed E-state index contributed by atoms with van der Waals surface area (Å²) in [5, 5.41) is 2.45. The Labute approximate surface area is 127 Å². The lowest BCUT2D eigenvalue weighted by Crippen LogP contribution is -2.15. The van der Waals surface area contributed by atoms with Crippen molar-refractivity contribution in [2.75, 3.05) is 0 Å². The average Bonchev–Trinajstić information content (AvgIpc) is 2.69. The summed E-state index contributed by atoms with van der Waals surface area (Å²) in [5.74, 6) is -0.168. The van der Waals surface area contributed by atoms with Gasteiger partial charge in [0, 0.05) is 22.6 Å². The van der Waals surface area contributed by atoms with E-state index in [4.69, 9.17) is 11.6 Å². The molecule has 0 saturated heterocycles. The third kappa shape index (κ3) is 1.54. The van der Waals surface area contributed by atoms with E-state index >= 15 is 0 Å². The van der Waals surface area contributed by atoms with Crippen molar-refractivity contribution in [3.63, 3.8) is 0 Å². The zero-order valence-corrected chi connectivity index (χ0v) is 12.5. The fourth-order valence-electron chi connectivity index (χ4n) is 3.55. The van der Waals surface area contributed by atoms with Crippen molar-refractivity contribution >= 4 is 22.4 Å². The molecule has 1 nitrogen and oxygen atoms in total. The summed E-state index contributed by atoms with van der Waals surface area (Å²) in [6.07, 6.45) is 1.71. The van der Waals surface area contributed by atoms with Gasteiger partial charge in [0.15, 0.2) is 0 Å². The van der Waals surface area contributed by atoms with E-state index in [-0.39, 0.29) is 11.2 Å². The fraction of sp³-hybridized carbons (Fsp3) is 0.167. The van der Waals surface area contributed by atoms with Crippen molar-refractivity contribution in [2.45, 2.75) is 19.3 Å². The van der Waals surface area contributed by atoms with E-state index in [1.54, 1.807) is 12.3 Å². The van der Waals surface area contributed by atoms with Crippen LogP contribution in [0.2, 0.25) is 5.15 Å². The summed E-state index contributed by atoms with van der Waals surface area (Å²) in [6, 6.07) is 11.2. The molecule has 0 atom stereocenters. The molecule has 0 amide bonds. The Kier molecular flexibility index (Phi) is 2.46. The summed E-state index contributed by atoms with van der Waals surface area (Å²) in [6.45, 7) is 4.26. The molecular formula is C18H13ClFN. The van der Waals surface area contributed by atoms with Crippen LogP contribution >= 0.6 is 11.6 Å². The van der Waals surface area contributed by atoms with E-state index < -0.39 is 0 Å². The maximum Gasteiger partial charge on any atom is 0.136 e. The van der Waals surface area contributed by atoms with Crippen molar-refractivity contribution in [3.8, 4) is 11.1 Å². The second-order valence-corrected chi connectivity index (χ2v) is 6.33. The first-order chi connectivity index (χ1) is 10.0. The van der Waals surface area contributed by atoms with Crippen LogP contribution in [0.3, 0.4) is 0 Å². The Balaban J connectivity index is 2.22. The molecule has 3 aromatic rings. The first-order valence-electron chi connectivity index (χ1n) is 6.89. The molecule has 0 N–H and O–H groups in total. The quantitative estimate of drug-likeness (QED) is 0.511. The number of benzene rings is 2. The number of rotatable bonds is 0. The molecule has 1 heterocycles. The first-order valence-corrected chi connectivity index (χ1v) is 7.26. The molecule has 0 bridgehead atoms. The average molecular weight is 298 g/mol. The van der Waals surface area contributed by atoms with Gasteiger partial charge in [0.05, 0.1) is 0 Å². The van der Waals surface area contributed by atoms with Crippen molar-refractivity contribution < 1.29 is 4.39 Å². The molecule has 1 aromatic heterocycles. The van der Waals surface area contributed by atoms with Crippen LogP contribution in [0.15, 0.2) is 42.6 Å². The number of halogens is 2. The van der Waals surface area contributed by atoms with Crippen LogP contribution in [-0.4, -0.2) is 4.98 Å². The SMILES string of the molecule is CC1(C)c2cccc(F)c2-c2ccc3c(Cl)nccc3c21. The molecule has 0 aliphatic heterocycles. The Morgan fingerprint density at radius 2 is 1.86 bits per heavy atom. The molecule has 0 fully saturated rings. The van der Waals surface area contributed by atoms with Crippen LogP contribution in [0, 0.1) is 5.82 Å². The van der Waals surface area contributed by atoms with Crippen molar-refractivity contribution in [1.29, 1.82) is 0 Å². The molecule has 0 saturated carbocycles. The highest BCUT2D eigenvalue weighted by molar-refractivity contribution is 6.34. The highest BCUT2D eigenvalue weighted by Gasteiger charge is 2.38. The third-order valence-corrected chi connectivity index (χ3v) is 4.78. The van der Waals surface area contributed by atoms with Gasteiger partial charge in [-0.15, -0.1) is 0 Å². The number of aromatic nitrogens is 1. The number of nitrogens with zero attached hydrogens (tertiary/aromatic N) is 1. The van der Waals surface area contributed by atoms with Crippen LogP contribution in [0.1, 0.15) is 25.0 Å². The van der Waals surface area contributed by atoms with Gasteiger partial charge in [0.25, 0.3) is 0 Å². The highest BCUT2D eigenvalue weighted by atomic mass is 35.5. The number of hydrogen-bond acceptors (Lipinski definition) is 1. The van der Waals surface area contributed by atoms with Crippen molar-refractivity contribution in [2.24, 2.45) is 0 Å². The van der Waals surface area contributed by atoms with E-state index in [1.807, 2.05) is 24.3 Å². The van der Waals surface area contributed by atoms with Crippen LogP contribution < -0.4 is 0 Å². The summed E-state index contributed by atoms with van der Waals surface area (Å²) in [5.41, 5.74) is 3.58. The van der Waals surface area contributed by atoms with Gasteiger partial charge in [-0.3, -0.25) is 0 Å². The Bertz CT molecular complexity index is 899. The largest absolute Gasteiger partial charge is 0.244 e. The van der Waals surface area contributed by atoms with E-state index in [0.29, 0.717) is 10.7 Å². The summed E-state index contributed by atoms with van der Waals surface area (Å²) >= 11 is 6.21. The summed E-state index contributed by atoms with van der Waals surface area (Å²) in [4.78, 5) is 4.14. The van der Waals surface area contributed by atoms with Crippen LogP contribution in [0.25, 0.3) is 21.9 Å². The van der Waals surface area contributed by atoms with E-state index in [9.17, 15) is 4.39 Å². The van der Waals surface area contributed by atoms with Gasteiger partial charge in [0.1, 0.15) is 11.0 Å². The number of hydrogen-bond donors (Lipinski definition) is 0. The van der Waals surface area contributed by atoms with Gasteiger partial charge >= 0.3 is 0 Å². The molecule has 1 aliphatic carbocycles. The van der Waals surface area contributed by atoms with Gasteiger partial charge in [-0.05, 0) is 34.2 Å². The van der Waals surface area contributed by atoms with Crippen LogP contribution in [0.4, 0.5) is 4.39 Å². The van der Waals surface area contributed by atoms with E-state index in [2.05, 4.69) is 18.8 Å². The maximum atomic E-state index is 14.4. The van der Waals surface area contributed by atoms with Crippen LogP contribution in [-0.2, 0) is 5.41 Å². The topological polar surface area (TPSA) is 12.9 Å². The molecule has 4 rings (SSSR count). The second-order valence-electron chi connectivity index (χ2n) is 5.97. The van der Waals surface area contributed by atoms with Gasteiger partial charge in [-0.25, -0.2) is 9.37 Å². The zero-order chi connectivity index (χ0) is 14.8. The van der Waals surface area contributed by atoms with E-state index in [1.165, 1.54) is 6.07 Å². The standard InChI is InChI=1S/C18H13ClFN/c1-18(2)13-4-3-5-14(20)15(13)12-7-6-11-10(16(12)18)8-9-21-17(11)19/h3-9H,1-2H3. The number of pyridine rings is 1.